The Morgan fingerprint density at radius 1 is 1.22 bits per heavy atom. The SMILES string of the molecule is C=CC(=O)O/N=C(\C)c1ccc2ccccc2c1. The lowest BCUT2D eigenvalue weighted by atomic mass is 10.0. The predicted molar refractivity (Wildman–Crippen MR) is 72.4 cm³/mol. The van der Waals surface area contributed by atoms with Gasteiger partial charge in [0.25, 0.3) is 0 Å². The zero-order valence-electron chi connectivity index (χ0n) is 10.1. The van der Waals surface area contributed by atoms with E-state index in [9.17, 15) is 4.79 Å². The first kappa shape index (κ1) is 12.0. The van der Waals surface area contributed by atoms with E-state index >= 15 is 0 Å². The molecule has 3 nitrogen and oxygen atoms in total. The zero-order chi connectivity index (χ0) is 13.0. The van der Waals surface area contributed by atoms with Crippen LogP contribution in [-0.2, 0) is 9.63 Å². The van der Waals surface area contributed by atoms with Crippen LogP contribution < -0.4 is 0 Å². The molecule has 0 heterocycles. The molecular weight excluding hydrogens is 226 g/mol. The van der Waals surface area contributed by atoms with Gasteiger partial charge in [0.2, 0.25) is 0 Å². The molecule has 18 heavy (non-hydrogen) atoms. The van der Waals surface area contributed by atoms with E-state index in [1.807, 2.05) is 42.5 Å². The highest BCUT2D eigenvalue weighted by molar-refractivity contribution is 6.02. The number of fused-ring (bicyclic) bond motifs is 1. The van der Waals surface area contributed by atoms with Crippen LogP contribution in [0.2, 0.25) is 0 Å². The van der Waals surface area contributed by atoms with Gasteiger partial charge in [0.1, 0.15) is 0 Å². The van der Waals surface area contributed by atoms with Crippen LogP contribution >= 0.6 is 0 Å². The summed E-state index contributed by atoms with van der Waals surface area (Å²) in [7, 11) is 0. The van der Waals surface area contributed by atoms with Crippen molar-refractivity contribution in [1.82, 2.24) is 0 Å². The molecule has 3 heteroatoms. The first-order valence-corrected chi connectivity index (χ1v) is 5.58. The lowest BCUT2D eigenvalue weighted by Gasteiger charge is -2.02. The van der Waals surface area contributed by atoms with Gasteiger partial charge in [-0.2, -0.15) is 0 Å². The lowest BCUT2D eigenvalue weighted by Crippen LogP contribution is -2.00. The molecule has 0 aliphatic rings. The molecule has 0 atom stereocenters. The third-order valence-corrected chi connectivity index (χ3v) is 2.61. The molecule has 2 aromatic carbocycles. The minimum absolute atomic E-state index is 0.560. The second kappa shape index (κ2) is 5.27. The highest BCUT2D eigenvalue weighted by Crippen LogP contribution is 2.16. The molecule has 0 radical (unpaired) electrons. The third-order valence-electron chi connectivity index (χ3n) is 2.61. The van der Waals surface area contributed by atoms with Gasteiger partial charge in [-0.15, -0.1) is 0 Å². The minimum Gasteiger partial charge on any atom is -0.313 e. The van der Waals surface area contributed by atoms with Crippen molar-refractivity contribution in [2.24, 2.45) is 5.16 Å². The normalized spacial score (nSPS) is 11.3. The van der Waals surface area contributed by atoms with Crippen LogP contribution in [0.1, 0.15) is 12.5 Å². The summed E-state index contributed by atoms with van der Waals surface area (Å²) in [6.07, 6.45) is 1.08. The minimum atomic E-state index is -0.560. The average molecular weight is 239 g/mol. The fourth-order valence-electron chi connectivity index (χ4n) is 1.62. The number of rotatable bonds is 3. The molecule has 90 valence electrons. The summed E-state index contributed by atoms with van der Waals surface area (Å²) in [6.45, 7) is 5.10. The number of hydrogen-bond acceptors (Lipinski definition) is 3. The van der Waals surface area contributed by atoms with Crippen LogP contribution in [0.15, 0.2) is 60.3 Å². The number of nitrogens with zero attached hydrogens (tertiary/aromatic N) is 1. The first-order chi connectivity index (χ1) is 8.70. The van der Waals surface area contributed by atoms with Gasteiger partial charge < -0.3 is 4.84 Å². The van der Waals surface area contributed by atoms with Gasteiger partial charge in [-0.1, -0.05) is 48.1 Å². The Morgan fingerprint density at radius 3 is 2.67 bits per heavy atom. The van der Waals surface area contributed by atoms with E-state index in [2.05, 4.69) is 16.6 Å². The molecule has 2 aromatic rings. The maximum absolute atomic E-state index is 10.9. The maximum atomic E-state index is 10.9. The van der Waals surface area contributed by atoms with Gasteiger partial charge in [0, 0.05) is 6.08 Å². The second-order valence-electron chi connectivity index (χ2n) is 3.85. The fraction of sp³-hybridized carbons (Fsp3) is 0.0667. The van der Waals surface area contributed by atoms with Crippen LogP contribution in [0, 0.1) is 0 Å². The van der Waals surface area contributed by atoms with Gasteiger partial charge in [0.05, 0.1) is 5.71 Å². The molecule has 0 spiro atoms. The molecule has 0 aromatic heterocycles. The quantitative estimate of drug-likeness (QED) is 0.357. The summed E-state index contributed by atoms with van der Waals surface area (Å²) in [4.78, 5) is 15.6. The van der Waals surface area contributed by atoms with E-state index in [0.29, 0.717) is 5.71 Å². The highest BCUT2D eigenvalue weighted by Gasteiger charge is 2.01. The maximum Gasteiger partial charge on any atom is 0.358 e. The van der Waals surface area contributed by atoms with Crippen LogP contribution in [0.25, 0.3) is 10.8 Å². The summed E-state index contributed by atoms with van der Waals surface area (Å²) in [5, 5.41) is 6.06. The topological polar surface area (TPSA) is 38.7 Å². The summed E-state index contributed by atoms with van der Waals surface area (Å²) < 4.78 is 0. The summed E-state index contributed by atoms with van der Waals surface area (Å²) >= 11 is 0. The lowest BCUT2D eigenvalue weighted by molar-refractivity contribution is -0.137. The molecule has 0 fully saturated rings. The molecule has 2 rings (SSSR count). The zero-order valence-corrected chi connectivity index (χ0v) is 10.1. The second-order valence-corrected chi connectivity index (χ2v) is 3.85. The molecule has 0 aliphatic carbocycles. The van der Waals surface area contributed by atoms with Crippen molar-refractivity contribution in [2.45, 2.75) is 6.92 Å². The smallest absolute Gasteiger partial charge is 0.313 e. The van der Waals surface area contributed by atoms with Crippen LogP contribution in [0.3, 0.4) is 0 Å². The van der Waals surface area contributed by atoms with Gasteiger partial charge in [-0.3, -0.25) is 0 Å². The van der Waals surface area contributed by atoms with Gasteiger partial charge >= 0.3 is 5.97 Å². The number of carbonyl (C=O) groups excluding carboxylic acids is 1. The highest BCUT2D eigenvalue weighted by atomic mass is 16.7. The van der Waals surface area contributed by atoms with Crippen molar-refractivity contribution in [3.8, 4) is 0 Å². The number of benzene rings is 2. The van der Waals surface area contributed by atoms with Crippen molar-refractivity contribution in [3.05, 3.63) is 60.7 Å². The van der Waals surface area contributed by atoms with Crippen LogP contribution in [0.4, 0.5) is 0 Å². The van der Waals surface area contributed by atoms with E-state index < -0.39 is 5.97 Å². The van der Waals surface area contributed by atoms with E-state index in [4.69, 9.17) is 0 Å². The number of oxime groups is 1. The Morgan fingerprint density at radius 2 is 1.94 bits per heavy atom. The molecule has 0 unspecified atom stereocenters. The van der Waals surface area contributed by atoms with Gasteiger partial charge in [-0.25, -0.2) is 4.79 Å². The fourth-order valence-corrected chi connectivity index (χ4v) is 1.62. The van der Waals surface area contributed by atoms with Crippen molar-refractivity contribution >= 4 is 22.5 Å². The molecule has 0 aliphatic heterocycles. The summed E-state index contributed by atoms with van der Waals surface area (Å²) in [5.41, 5.74) is 1.57. The van der Waals surface area contributed by atoms with Crippen molar-refractivity contribution in [1.29, 1.82) is 0 Å². The molecule has 0 amide bonds. The first-order valence-electron chi connectivity index (χ1n) is 5.58. The molecule has 0 saturated carbocycles. The summed E-state index contributed by atoms with van der Waals surface area (Å²) in [6, 6.07) is 14.0. The van der Waals surface area contributed by atoms with Crippen molar-refractivity contribution < 1.29 is 9.63 Å². The molecular formula is C15H13NO2. The van der Waals surface area contributed by atoms with E-state index in [0.717, 1.165) is 22.4 Å². The number of hydrogen-bond donors (Lipinski definition) is 0. The van der Waals surface area contributed by atoms with Crippen molar-refractivity contribution in [3.63, 3.8) is 0 Å². The van der Waals surface area contributed by atoms with Crippen molar-refractivity contribution in [2.75, 3.05) is 0 Å². The number of carbonyl (C=O) groups is 1. The Labute approximate surface area is 105 Å². The standard InChI is InChI=1S/C15H13NO2/c1-3-15(17)18-16-11(2)13-9-8-12-6-4-5-7-14(12)10-13/h3-10H,1H2,2H3/b16-11+. The van der Waals surface area contributed by atoms with Gasteiger partial charge in [-0.05, 0) is 29.3 Å². The van der Waals surface area contributed by atoms with Crippen LogP contribution in [0.5, 0.6) is 0 Å². The Balaban J connectivity index is 2.30. The largest absolute Gasteiger partial charge is 0.358 e. The Kier molecular flexibility index (Phi) is 3.53. The van der Waals surface area contributed by atoms with E-state index in [1.165, 1.54) is 0 Å². The predicted octanol–water partition coefficient (Wildman–Crippen LogP) is 3.29. The Hall–Kier alpha value is -2.42. The van der Waals surface area contributed by atoms with Crippen LogP contribution in [-0.4, -0.2) is 11.7 Å². The monoisotopic (exact) mass is 239 g/mol. The summed E-state index contributed by atoms with van der Waals surface area (Å²) in [5.74, 6) is -0.560. The van der Waals surface area contributed by atoms with E-state index in [1.54, 1.807) is 6.92 Å². The van der Waals surface area contributed by atoms with E-state index in [-0.39, 0.29) is 0 Å². The Bertz CT molecular complexity index is 629. The molecule has 0 saturated heterocycles. The molecule has 0 bridgehead atoms. The third kappa shape index (κ3) is 2.63. The average Bonchev–Trinajstić information content (AvgIpc) is 2.43. The van der Waals surface area contributed by atoms with Gasteiger partial charge in [0.15, 0.2) is 0 Å². The molecule has 0 N–H and O–H groups in total.